The molecule has 7 aromatic rings. The third kappa shape index (κ3) is 11.5. The topological polar surface area (TPSA) is 223 Å². The van der Waals surface area contributed by atoms with Gasteiger partial charge in [0.25, 0.3) is 0 Å². The lowest BCUT2D eigenvalue weighted by molar-refractivity contribution is 0.0477. The van der Waals surface area contributed by atoms with Crippen molar-refractivity contribution in [2.24, 2.45) is 5.73 Å². The van der Waals surface area contributed by atoms with Crippen molar-refractivity contribution >= 4 is 40.1 Å². The number of nitriles is 1. The molecule has 0 atom stereocenters. The Labute approximate surface area is 386 Å². The average molecular weight is 916 g/mol. The number of carbonyl (C=O) groups excluding carboxylic acids is 1. The van der Waals surface area contributed by atoms with Crippen LogP contribution >= 0.6 is 0 Å². The van der Waals surface area contributed by atoms with Crippen molar-refractivity contribution in [1.29, 1.82) is 5.26 Å². The van der Waals surface area contributed by atoms with Crippen LogP contribution in [-0.2, 0) is 17.8 Å². The van der Waals surface area contributed by atoms with E-state index in [1.165, 1.54) is 35.7 Å². The number of nitrogens with one attached hydrogen (secondary N) is 3. The molecule has 1 amide bonds. The van der Waals surface area contributed by atoms with Gasteiger partial charge in [0.05, 0.1) is 17.2 Å². The third-order valence-corrected chi connectivity index (χ3v) is 11.5. The summed E-state index contributed by atoms with van der Waals surface area (Å²) in [6.07, 6.45) is 10.0. The Kier molecular flexibility index (Phi) is 14.0. The van der Waals surface area contributed by atoms with Crippen molar-refractivity contribution in [2.75, 3.05) is 36.8 Å². The van der Waals surface area contributed by atoms with Crippen molar-refractivity contribution in [3.05, 3.63) is 102 Å². The van der Waals surface area contributed by atoms with E-state index in [2.05, 4.69) is 67.4 Å². The van der Waals surface area contributed by atoms with Gasteiger partial charge in [-0.25, -0.2) is 32.6 Å². The van der Waals surface area contributed by atoms with Crippen molar-refractivity contribution < 1.29 is 18.3 Å². The molecule has 2 aromatic carbocycles. The highest BCUT2D eigenvalue weighted by molar-refractivity contribution is 5.78. The normalized spacial score (nSPS) is 15.3. The zero-order valence-electron chi connectivity index (χ0n) is 38.2. The van der Waals surface area contributed by atoms with Crippen LogP contribution < -0.4 is 21.7 Å². The Balaban J connectivity index is 0.000000182. The van der Waals surface area contributed by atoms with Crippen LogP contribution in [0, 0.1) is 23.0 Å². The second kappa shape index (κ2) is 20.2. The Morgan fingerprint density at radius 3 is 1.93 bits per heavy atom. The first-order chi connectivity index (χ1) is 32.2. The number of alkyl carbamates (subject to hydrolysis) is 1. The van der Waals surface area contributed by atoms with E-state index in [1.54, 1.807) is 27.2 Å². The van der Waals surface area contributed by atoms with Crippen LogP contribution in [0.4, 0.5) is 36.6 Å². The quantitative estimate of drug-likeness (QED) is 0.105. The number of carbonyl (C=O) groups is 1. The minimum Gasteiger partial charge on any atom is -0.444 e. The molecule has 2 aliphatic rings. The summed E-state index contributed by atoms with van der Waals surface area (Å²) < 4.78 is 37.2. The summed E-state index contributed by atoms with van der Waals surface area (Å²) in [5.41, 5.74) is 10.9. The smallest absolute Gasteiger partial charge is 0.407 e. The number of hydrogen-bond acceptors (Lipinski definition) is 15. The number of rotatable bonds is 11. The molecule has 0 radical (unpaired) electrons. The summed E-state index contributed by atoms with van der Waals surface area (Å²) in [5, 5.41) is 39.5. The molecule has 2 aliphatic heterocycles. The zero-order chi connectivity index (χ0) is 47.2. The molecule has 2 fully saturated rings. The Morgan fingerprint density at radius 2 is 1.39 bits per heavy atom. The lowest BCUT2D eigenvalue weighted by atomic mass is 10.0. The van der Waals surface area contributed by atoms with E-state index < -0.39 is 17.2 Å². The molecule has 0 bridgehead atoms. The van der Waals surface area contributed by atoms with Gasteiger partial charge in [-0.05, 0) is 138 Å². The standard InChI is InChI=1S/C24H28FN7O2.C22H27FN10/c1-24(2,3)34-23(33)30-18-7-9-31(10-8-18)14-16-6-11-32-21(16)22(27-15-28-32)29-19-4-5-20(25)17(12-19)13-26;1-14(2)33-29-21(28-30-33)18-11-17(3-4-19(18)23)27-22-20-15(5-10-32(20)26-13-25-22)12-31-8-6-16(24)7-9-31/h4-6,11-12,15,18H,7-10,14H2,1-3H3,(H,30,33)(H,27,28,29);3-5,10-11,13-14,16H,6-9,12,24H2,1-2H3,(H,25,26,27). The molecule has 0 saturated carbocycles. The first-order valence-corrected chi connectivity index (χ1v) is 22.3. The monoisotopic (exact) mass is 915 g/mol. The van der Waals surface area contributed by atoms with E-state index in [0.717, 1.165) is 80.6 Å². The largest absolute Gasteiger partial charge is 0.444 e. The number of halogens is 2. The van der Waals surface area contributed by atoms with E-state index in [-0.39, 0.29) is 41.2 Å². The summed E-state index contributed by atoms with van der Waals surface area (Å²) in [7, 11) is 0. The number of anilines is 4. The molecular weight excluding hydrogens is 861 g/mol. The molecule has 21 heteroatoms. The van der Waals surface area contributed by atoms with Crippen molar-refractivity contribution in [3.63, 3.8) is 0 Å². The second-order valence-corrected chi connectivity index (χ2v) is 18.1. The van der Waals surface area contributed by atoms with Crippen LogP contribution in [0.3, 0.4) is 0 Å². The molecule has 0 spiro atoms. The number of nitrogens with two attached hydrogens (primary N) is 1. The molecule has 9 rings (SSSR count). The van der Waals surface area contributed by atoms with E-state index in [1.807, 2.05) is 59.1 Å². The van der Waals surface area contributed by atoms with Gasteiger partial charge in [-0.1, -0.05) is 0 Å². The fourth-order valence-electron chi connectivity index (χ4n) is 8.07. The molecule has 19 nitrogen and oxygen atoms in total. The maximum atomic E-state index is 14.6. The molecule has 67 heavy (non-hydrogen) atoms. The third-order valence-electron chi connectivity index (χ3n) is 11.5. The van der Waals surface area contributed by atoms with Crippen molar-refractivity contribution in [3.8, 4) is 17.5 Å². The predicted molar refractivity (Wildman–Crippen MR) is 247 cm³/mol. The number of piperidine rings is 2. The minimum atomic E-state index is -0.561. The number of hydrogen-bond donors (Lipinski definition) is 4. The number of nitrogens with zero attached hydrogens (tertiary/aromatic N) is 13. The Morgan fingerprint density at radius 1 is 0.836 bits per heavy atom. The van der Waals surface area contributed by atoms with Crippen molar-refractivity contribution in [2.45, 2.75) is 97.1 Å². The van der Waals surface area contributed by atoms with Crippen LogP contribution in [0.2, 0.25) is 0 Å². The maximum Gasteiger partial charge on any atom is 0.407 e. The Bertz CT molecular complexity index is 2870. The van der Waals surface area contributed by atoms with Gasteiger partial charge in [-0.2, -0.15) is 20.3 Å². The van der Waals surface area contributed by atoms with Gasteiger partial charge in [0.2, 0.25) is 5.82 Å². The van der Waals surface area contributed by atoms with E-state index >= 15 is 0 Å². The highest BCUT2D eigenvalue weighted by Gasteiger charge is 2.25. The SMILES string of the molecule is CC(C)(C)OC(=O)NC1CCN(Cc2ccn3ncnc(Nc4ccc(F)c(C#N)c4)c23)CC1.CC(C)n1nnc(-c2cc(Nc3ncnn4ccc(CN5CCC(N)CC5)c34)ccc2F)n1. The van der Waals surface area contributed by atoms with Crippen LogP contribution in [0.1, 0.15) is 83.0 Å². The van der Waals surface area contributed by atoms with Crippen LogP contribution in [-0.4, -0.2) is 109 Å². The lowest BCUT2D eigenvalue weighted by Gasteiger charge is -2.32. The Hall–Kier alpha value is -7.15. The van der Waals surface area contributed by atoms with Gasteiger partial charge >= 0.3 is 6.09 Å². The van der Waals surface area contributed by atoms with E-state index in [4.69, 9.17) is 15.7 Å². The van der Waals surface area contributed by atoms with Gasteiger partial charge in [0, 0.05) is 62.0 Å². The van der Waals surface area contributed by atoms with Crippen LogP contribution in [0.5, 0.6) is 0 Å². The first-order valence-electron chi connectivity index (χ1n) is 22.3. The maximum absolute atomic E-state index is 14.6. The number of aromatic nitrogens is 10. The zero-order valence-corrected chi connectivity index (χ0v) is 38.2. The molecule has 5 N–H and O–H groups in total. The van der Waals surface area contributed by atoms with Gasteiger partial charge in [-0.15, -0.1) is 10.2 Å². The summed E-state index contributed by atoms with van der Waals surface area (Å²) in [6, 6.07) is 15.3. The summed E-state index contributed by atoms with van der Waals surface area (Å²) in [6.45, 7) is 14.5. The van der Waals surface area contributed by atoms with Gasteiger partial charge in [0.1, 0.15) is 47.0 Å². The number of benzene rings is 2. The average Bonchev–Trinajstić information content (AvgIpc) is 4.06. The summed E-state index contributed by atoms with van der Waals surface area (Å²) in [4.78, 5) is 27.1. The molecule has 350 valence electrons. The van der Waals surface area contributed by atoms with E-state index in [9.17, 15) is 13.6 Å². The van der Waals surface area contributed by atoms with Crippen LogP contribution in [0.25, 0.3) is 22.4 Å². The van der Waals surface area contributed by atoms with Gasteiger partial charge in [0.15, 0.2) is 11.6 Å². The fourth-order valence-corrected chi connectivity index (χ4v) is 8.07. The highest BCUT2D eigenvalue weighted by atomic mass is 19.1. The molecule has 2 saturated heterocycles. The predicted octanol–water partition coefficient (Wildman–Crippen LogP) is 6.74. The van der Waals surface area contributed by atoms with Gasteiger partial charge in [-0.3, -0.25) is 9.80 Å². The van der Waals surface area contributed by atoms with Gasteiger partial charge < -0.3 is 26.4 Å². The number of fused-ring (bicyclic) bond motifs is 2. The molecule has 7 heterocycles. The fraction of sp³-hybridized carbons (Fsp3) is 0.413. The molecular formula is C46H55F2N17O2. The lowest BCUT2D eigenvalue weighted by Crippen LogP contribution is -2.45. The molecule has 0 unspecified atom stereocenters. The number of amides is 1. The van der Waals surface area contributed by atoms with E-state index in [0.29, 0.717) is 29.6 Å². The van der Waals surface area contributed by atoms with Crippen molar-refractivity contribution in [1.82, 2.24) is 64.5 Å². The number of tetrazole rings is 1. The number of ether oxygens (including phenoxy) is 1. The van der Waals surface area contributed by atoms with Crippen LogP contribution in [0.15, 0.2) is 73.6 Å². The molecule has 5 aromatic heterocycles. The first kappa shape index (κ1) is 46.4. The minimum absolute atomic E-state index is 0.0338. The summed E-state index contributed by atoms with van der Waals surface area (Å²) >= 11 is 0. The highest BCUT2D eigenvalue weighted by Crippen LogP contribution is 2.30. The number of likely N-dealkylation sites (tertiary alicyclic amines) is 2. The summed E-state index contributed by atoms with van der Waals surface area (Å²) in [5.74, 6) is 0.489. The molecule has 0 aliphatic carbocycles. The second-order valence-electron chi connectivity index (χ2n) is 18.1.